The normalized spacial score (nSPS) is 21.9. The highest BCUT2D eigenvalue weighted by Crippen LogP contribution is 2.26. The number of carbonyl (C=O) groups is 1. The maximum Gasteiger partial charge on any atom is 0.269 e. The molecule has 1 amide bonds. The van der Waals surface area contributed by atoms with E-state index < -0.39 is 5.91 Å². The maximum absolute atomic E-state index is 11.0. The highest BCUT2D eigenvalue weighted by molar-refractivity contribution is 5.90. The van der Waals surface area contributed by atoms with Gasteiger partial charge in [-0.15, -0.1) is 0 Å². The molecule has 0 aromatic carbocycles. The van der Waals surface area contributed by atoms with Gasteiger partial charge in [0.05, 0.1) is 0 Å². The van der Waals surface area contributed by atoms with Crippen LogP contribution < -0.4 is 5.73 Å². The minimum absolute atomic E-state index is 0.335. The number of aromatic amines is 1. The molecule has 1 saturated heterocycles. The van der Waals surface area contributed by atoms with Crippen LogP contribution in [0.1, 0.15) is 48.8 Å². The van der Waals surface area contributed by atoms with Gasteiger partial charge in [-0.2, -0.15) is 5.10 Å². The summed E-state index contributed by atoms with van der Waals surface area (Å²) in [5.41, 5.74) is 6.57. The maximum atomic E-state index is 11.0. The summed E-state index contributed by atoms with van der Waals surface area (Å²) in [6.07, 6.45) is 2.33. The zero-order valence-corrected chi connectivity index (χ0v) is 10.4. The van der Waals surface area contributed by atoms with Gasteiger partial charge in [-0.05, 0) is 39.3 Å². The largest absolute Gasteiger partial charge is 0.364 e. The summed E-state index contributed by atoms with van der Waals surface area (Å²) in [7, 11) is 0. The number of aromatic nitrogens is 2. The molecular formula is C12H20N4O. The average molecular weight is 236 g/mol. The molecule has 2 heterocycles. The Morgan fingerprint density at radius 3 is 3.00 bits per heavy atom. The predicted octanol–water partition coefficient (Wildman–Crippen LogP) is 1.10. The number of hydrogen-bond donors (Lipinski definition) is 2. The minimum Gasteiger partial charge on any atom is -0.364 e. The summed E-state index contributed by atoms with van der Waals surface area (Å²) in [5.74, 6) is -0.0317. The molecule has 1 aromatic rings. The fourth-order valence-corrected chi connectivity index (χ4v) is 2.40. The van der Waals surface area contributed by atoms with Gasteiger partial charge in [0.15, 0.2) is 0 Å². The Labute approximate surface area is 101 Å². The van der Waals surface area contributed by atoms with E-state index in [9.17, 15) is 4.79 Å². The third kappa shape index (κ3) is 2.66. The van der Waals surface area contributed by atoms with Crippen LogP contribution in [0, 0.1) is 0 Å². The van der Waals surface area contributed by atoms with Crippen molar-refractivity contribution in [2.75, 3.05) is 13.1 Å². The molecule has 0 bridgehead atoms. The van der Waals surface area contributed by atoms with E-state index in [2.05, 4.69) is 28.9 Å². The molecule has 0 saturated carbocycles. The molecule has 1 atom stereocenters. The second kappa shape index (κ2) is 4.87. The summed E-state index contributed by atoms with van der Waals surface area (Å²) in [5, 5.41) is 6.88. The molecule has 1 aliphatic heterocycles. The lowest BCUT2D eigenvalue weighted by atomic mass is 9.94. The molecule has 0 aliphatic carbocycles. The first-order valence-electron chi connectivity index (χ1n) is 6.17. The second-order valence-electron chi connectivity index (χ2n) is 5.00. The van der Waals surface area contributed by atoms with Crippen molar-refractivity contribution < 1.29 is 4.79 Å². The zero-order chi connectivity index (χ0) is 12.4. The molecule has 5 nitrogen and oxygen atoms in total. The zero-order valence-electron chi connectivity index (χ0n) is 10.4. The molecule has 1 unspecified atom stereocenters. The monoisotopic (exact) mass is 236 g/mol. The number of H-pyrrole nitrogens is 1. The van der Waals surface area contributed by atoms with Gasteiger partial charge in [0.2, 0.25) is 0 Å². The van der Waals surface area contributed by atoms with Gasteiger partial charge in [0, 0.05) is 24.2 Å². The molecule has 94 valence electrons. The fourth-order valence-electron chi connectivity index (χ4n) is 2.40. The number of rotatable bonds is 3. The lowest BCUT2D eigenvalue weighted by Crippen LogP contribution is -2.39. The van der Waals surface area contributed by atoms with Gasteiger partial charge in [-0.25, -0.2) is 0 Å². The fraction of sp³-hybridized carbons (Fsp3) is 0.667. The van der Waals surface area contributed by atoms with E-state index in [4.69, 9.17) is 5.73 Å². The van der Waals surface area contributed by atoms with E-state index in [-0.39, 0.29) is 0 Å². The van der Waals surface area contributed by atoms with Crippen LogP contribution in [0.15, 0.2) is 6.07 Å². The molecule has 1 fully saturated rings. The lowest BCUT2D eigenvalue weighted by Gasteiger charge is -2.34. The Balaban J connectivity index is 2.08. The van der Waals surface area contributed by atoms with E-state index in [1.807, 2.05) is 0 Å². The first-order valence-corrected chi connectivity index (χ1v) is 6.17. The van der Waals surface area contributed by atoms with Gasteiger partial charge in [-0.1, -0.05) is 0 Å². The van der Waals surface area contributed by atoms with Crippen molar-refractivity contribution in [3.63, 3.8) is 0 Å². The SMILES string of the molecule is CC(C)N1CCCC(c2cc(C(N)=O)n[nH]2)C1. The first-order chi connectivity index (χ1) is 8.08. The molecule has 2 rings (SSSR count). The van der Waals surface area contributed by atoms with Crippen LogP contribution in [-0.4, -0.2) is 40.1 Å². The lowest BCUT2D eigenvalue weighted by molar-refractivity contribution is 0.0995. The Morgan fingerprint density at radius 1 is 1.65 bits per heavy atom. The molecule has 5 heteroatoms. The number of primary amides is 1. The van der Waals surface area contributed by atoms with E-state index >= 15 is 0 Å². The summed E-state index contributed by atoms with van der Waals surface area (Å²) in [6, 6.07) is 2.35. The third-order valence-corrected chi connectivity index (χ3v) is 3.47. The number of likely N-dealkylation sites (tertiary alicyclic amines) is 1. The Hall–Kier alpha value is -1.36. The standard InChI is InChI=1S/C12H20N4O/c1-8(2)16-5-3-4-9(7-16)10-6-11(12(13)17)15-14-10/h6,8-9H,3-5,7H2,1-2H3,(H2,13,17)(H,14,15). The summed E-state index contributed by atoms with van der Waals surface area (Å²) in [6.45, 7) is 6.61. The number of hydrogen-bond acceptors (Lipinski definition) is 3. The van der Waals surface area contributed by atoms with Gasteiger partial charge < -0.3 is 10.6 Å². The van der Waals surface area contributed by atoms with Gasteiger partial charge in [0.1, 0.15) is 5.69 Å². The smallest absolute Gasteiger partial charge is 0.269 e. The van der Waals surface area contributed by atoms with Crippen LogP contribution in [-0.2, 0) is 0 Å². The number of carbonyl (C=O) groups excluding carboxylic acids is 1. The van der Waals surface area contributed by atoms with E-state index in [0.717, 1.165) is 25.2 Å². The Kier molecular flexibility index (Phi) is 3.47. The quantitative estimate of drug-likeness (QED) is 0.825. The minimum atomic E-state index is -0.468. The number of nitrogens with zero attached hydrogens (tertiary/aromatic N) is 2. The second-order valence-corrected chi connectivity index (χ2v) is 5.00. The Morgan fingerprint density at radius 2 is 2.41 bits per heavy atom. The van der Waals surface area contributed by atoms with Crippen molar-refractivity contribution in [1.29, 1.82) is 0 Å². The molecule has 0 radical (unpaired) electrons. The third-order valence-electron chi connectivity index (χ3n) is 3.47. The van der Waals surface area contributed by atoms with Crippen LogP contribution in [0.4, 0.5) is 0 Å². The van der Waals surface area contributed by atoms with Crippen molar-refractivity contribution in [2.24, 2.45) is 5.73 Å². The summed E-state index contributed by atoms with van der Waals surface area (Å²) >= 11 is 0. The van der Waals surface area contributed by atoms with Crippen molar-refractivity contribution in [1.82, 2.24) is 15.1 Å². The van der Waals surface area contributed by atoms with E-state index in [1.54, 1.807) is 6.07 Å². The number of amides is 1. The Bertz CT molecular complexity index is 399. The van der Waals surface area contributed by atoms with Crippen molar-refractivity contribution >= 4 is 5.91 Å². The van der Waals surface area contributed by atoms with Crippen LogP contribution in [0.25, 0.3) is 0 Å². The average Bonchev–Trinajstić information content (AvgIpc) is 2.78. The van der Waals surface area contributed by atoms with Gasteiger partial charge in [-0.3, -0.25) is 9.89 Å². The molecule has 1 aromatic heterocycles. The molecule has 3 N–H and O–H groups in total. The molecular weight excluding hydrogens is 216 g/mol. The number of piperidine rings is 1. The van der Waals surface area contributed by atoms with E-state index in [0.29, 0.717) is 17.7 Å². The van der Waals surface area contributed by atoms with Crippen molar-refractivity contribution in [2.45, 2.75) is 38.6 Å². The summed E-state index contributed by atoms with van der Waals surface area (Å²) in [4.78, 5) is 13.5. The summed E-state index contributed by atoms with van der Waals surface area (Å²) < 4.78 is 0. The van der Waals surface area contributed by atoms with Crippen LogP contribution >= 0.6 is 0 Å². The van der Waals surface area contributed by atoms with Crippen molar-refractivity contribution in [3.05, 3.63) is 17.5 Å². The first kappa shape index (κ1) is 12.1. The van der Waals surface area contributed by atoms with Crippen LogP contribution in [0.5, 0.6) is 0 Å². The molecule has 1 aliphatic rings. The number of nitrogens with one attached hydrogen (secondary N) is 1. The highest BCUT2D eigenvalue weighted by Gasteiger charge is 2.24. The number of nitrogens with two attached hydrogens (primary N) is 1. The van der Waals surface area contributed by atoms with Gasteiger partial charge >= 0.3 is 0 Å². The topological polar surface area (TPSA) is 75.0 Å². The van der Waals surface area contributed by atoms with Crippen LogP contribution in [0.2, 0.25) is 0 Å². The predicted molar refractivity (Wildman–Crippen MR) is 65.8 cm³/mol. The molecule has 17 heavy (non-hydrogen) atoms. The van der Waals surface area contributed by atoms with Gasteiger partial charge in [0.25, 0.3) is 5.91 Å². The van der Waals surface area contributed by atoms with Crippen molar-refractivity contribution in [3.8, 4) is 0 Å². The van der Waals surface area contributed by atoms with E-state index in [1.165, 1.54) is 6.42 Å². The van der Waals surface area contributed by atoms with Crippen LogP contribution in [0.3, 0.4) is 0 Å². The highest BCUT2D eigenvalue weighted by atomic mass is 16.1. The molecule has 0 spiro atoms.